The van der Waals surface area contributed by atoms with Crippen LogP contribution in [0.25, 0.3) is 0 Å². The van der Waals surface area contributed by atoms with Crippen LogP contribution in [0.2, 0.25) is 0 Å². The average Bonchev–Trinajstić information content (AvgIpc) is 2.61. The van der Waals surface area contributed by atoms with Gasteiger partial charge in [0.1, 0.15) is 0 Å². The van der Waals surface area contributed by atoms with Crippen molar-refractivity contribution in [3.05, 3.63) is 29.8 Å². The minimum absolute atomic E-state index is 0.0522. The Balaban J connectivity index is 1.78. The first kappa shape index (κ1) is 17.3. The van der Waals surface area contributed by atoms with Gasteiger partial charge in [-0.25, -0.2) is 4.79 Å². The maximum absolute atomic E-state index is 12.0. The minimum atomic E-state index is -0.311. The van der Waals surface area contributed by atoms with Crippen molar-refractivity contribution in [3.8, 4) is 0 Å². The molecule has 0 aromatic heterocycles. The second-order valence-electron chi connectivity index (χ2n) is 5.41. The third-order valence-electron chi connectivity index (χ3n) is 3.66. The molecule has 126 valence electrons. The summed E-state index contributed by atoms with van der Waals surface area (Å²) in [5.74, 6) is -0.259. The summed E-state index contributed by atoms with van der Waals surface area (Å²) in [4.78, 5) is 25.6. The van der Waals surface area contributed by atoms with Crippen LogP contribution in [0.3, 0.4) is 0 Å². The van der Waals surface area contributed by atoms with E-state index in [9.17, 15) is 9.59 Å². The van der Waals surface area contributed by atoms with Crippen molar-refractivity contribution in [2.24, 2.45) is 0 Å². The smallest absolute Gasteiger partial charge is 0.338 e. The number of hydrogen-bond acceptors (Lipinski definition) is 5. The van der Waals surface area contributed by atoms with E-state index in [1.807, 2.05) is 6.92 Å². The Labute approximate surface area is 136 Å². The number of hydrogen-bond donors (Lipinski definition) is 1. The minimum Gasteiger partial charge on any atom is -0.462 e. The van der Waals surface area contributed by atoms with E-state index in [0.717, 1.165) is 18.5 Å². The average molecular weight is 320 g/mol. The quantitative estimate of drug-likeness (QED) is 0.614. The zero-order chi connectivity index (χ0) is 16.5. The van der Waals surface area contributed by atoms with Crippen LogP contribution in [0.1, 0.15) is 30.1 Å². The Morgan fingerprint density at radius 2 is 1.91 bits per heavy atom. The van der Waals surface area contributed by atoms with Gasteiger partial charge >= 0.3 is 5.97 Å². The lowest BCUT2D eigenvalue weighted by Crippen LogP contribution is -2.43. The molecule has 1 saturated heterocycles. The Morgan fingerprint density at radius 1 is 1.22 bits per heavy atom. The van der Waals surface area contributed by atoms with Crippen LogP contribution in [0.4, 0.5) is 5.69 Å². The number of benzene rings is 1. The molecule has 1 fully saturated rings. The van der Waals surface area contributed by atoms with Crippen molar-refractivity contribution in [1.82, 2.24) is 4.90 Å². The van der Waals surface area contributed by atoms with Crippen LogP contribution in [0, 0.1) is 0 Å². The maximum Gasteiger partial charge on any atom is 0.338 e. The number of unbranched alkanes of at least 4 members (excludes halogenated alkanes) is 1. The highest BCUT2D eigenvalue weighted by Gasteiger charge is 2.16. The first-order valence-corrected chi connectivity index (χ1v) is 8.07. The predicted octanol–water partition coefficient (Wildman–Crippen LogP) is 1.91. The molecule has 1 aliphatic rings. The van der Waals surface area contributed by atoms with E-state index in [1.165, 1.54) is 0 Å². The highest BCUT2D eigenvalue weighted by molar-refractivity contribution is 5.90. The number of nitrogens with one attached hydrogen (secondary N) is 1. The molecular formula is C17H24N2O4. The van der Waals surface area contributed by atoms with Crippen molar-refractivity contribution in [3.63, 3.8) is 0 Å². The van der Waals surface area contributed by atoms with Crippen LogP contribution in [0.5, 0.6) is 0 Å². The number of rotatable bonds is 7. The summed E-state index contributed by atoms with van der Waals surface area (Å²) in [5, 5.41) is 3.08. The van der Waals surface area contributed by atoms with Crippen LogP contribution in [0.15, 0.2) is 24.3 Å². The van der Waals surface area contributed by atoms with Crippen molar-refractivity contribution < 1.29 is 19.1 Å². The molecule has 0 radical (unpaired) electrons. The van der Waals surface area contributed by atoms with Crippen LogP contribution >= 0.6 is 0 Å². The zero-order valence-electron chi connectivity index (χ0n) is 13.5. The van der Waals surface area contributed by atoms with Gasteiger partial charge in [0, 0.05) is 18.8 Å². The van der Waals surface area contributed by atoms with Crippen molar-refractivity contribution in [1.29, 1.82) is 0 Å². The molecule has 6 nitrogen and oxygen atoms in total. The number of ether oxygens (including phenoxy) is 2. The fourth-order valence-corrected chi connectivity index (χ4v) is 2.22. The number of esters is 1. The van der Waals surface area contributed by atoms with Gasteiger partial charge in [0.2, 0.25) is 5.91 Å². The fourth-order valence-electron chi connectivity index (χ4n) is 2.22. The van der Waals surface area contributed by atoms with Crippen molar-refractivity contribution in [2.75, 3.05) is 44.8 Å². The molecule has 1 aromatic rings. The number of amides is 1. The molecule has 1 aromatic carbocycles. The maximum atomic E-state index is 12.0. The van der Waals surface area contributed by atoms with Gasteiger partial charge in [0.05, 0.1) is 31.9 Å². The molecule has 2 rings (SSSR count). The van der Waals surface area contributed by atoms with Gasteiger partial charge in [-0.3, -0.25) is 4.79 Å². The highest BCUT2D eigenvalue weighted by atomic mass is 16.5. The molecule has 1 amide bonds. The zero-order valence-corrected chi connectivity index (χ0v) is 13.5. The van der Waals surface area contributed by atoms with E-state index in [4.69, 9.17) is 9.47 Å². The summed E-state index contributed by atoms with van der Waals surface area (Å²) in [7, 11) is 0. The number of carbonyl (C=O) groups excluding carboxylic acids is 2. The van der Waals surface area contributed by atoms with Crippen molar-refractivity contribution >= 4 is 17.6 Å². The summed E-state index contributed by atoms with van der Waals surface area (Å²) in [6, 6.07) is 6.97. The standard InChI is InChI=1S/C17H24N2O4/c1-2-3-10-23-17(21)14-4-6-15(7-5-14)18-13-16(20)19-8-11-22-12-9-19/h4-7,18H,2-3,8-13H2,1H3. The lowest BCUT2D eigenvalue weighted by Gasteiger charge is -2.27. The second-order valence-corrected chi connectivity index (χ2v) is 5.41. The molecule has 1 aliphatic heterocycles. The Hall–Kier alpha value is -2.08. The van der Waals surface area contributed by atoms with Gasteiger partial charge in [-0.15, -0.1) is 0 Å². The van der Waals surface area contributed by atoms with Gasteiger partial charge in [0.15, 0.2) is 0 Å². The van der Waals surface area contributed by atoms with E-state index < -0.39 is 0 Å². The SMILES string of the molecule is CCCCOC(=O)c1ccc(NCC(=O)N2CCOCC2)cc1. The molecule has 23 heavy (non-hydrogen) atoms. The third-order valence-corrected chi connectivity index (χ3v) is 3.66. The topological polar surface area (TPSA) is 67.9 Å². The first-order chi connectivity index (χ1) is 11.2. The molecule has 0 unspecified atom stereocenters. The fraction of sp³-hybridized carbons (Fsp3) is 0.529. The molecule has 0 saturated carbocycles. The van der Waals surface area contributed by atoms with Crippen LogP contribution in [-0.2, 0) is 14.3 Å². The molecule has 0 atom stereocenters. The van der Waals surface area contributed by atoms with Gasteiger partial charge in [-0.05, 0) is 30.7 Å². The van der Waals surface area contributed by atoms with E-state index in [0.29, 0.717) is 38.5 Å². The van der Waals surface area contributed by atoms with Gasteiger partial charge < -0.3 is 19.7 Å². The number of nitrogens with zero attached hydrogens (tertiary/aromatic N) is 1. The molecule has 6 heteroatoms. The molecule has 1 N–H and O–H groups in total. The Kier molecular flexibility index (Phi) is 6.87. The van der Waals surface area contributed by atoms with E-state index in [-0.39, 0.29) is 18.4 Å². The Morgan fingerprint density at radius 3 is 2.57 bits per heavy atom. The number of morpholine rings is 1. The van der Waals surface area contributed by atoms with Crippen LogP contribution in [-0.4, -0.2) is 56.2 Å². The first-order valence-electron chi connectivity index (χ1n) is 8.07. The molecular weight excluding hydrogens is 296 g/mol. The Bertz CT molecular complexity index is 510. The van der Waals surface area contributed by atoms with Gasteiger partial charge in [0.25, 0.3) is 0 Å². The van der Waals surface area contributed by atoms with E-state index in [2.05, 4.69) is 5.32 Å². The largest absolute Gasteiger partial charge is 0.462 e. The second kappa shape index (κ2) is 9.15. The lowest BCUT2D eigenvalue weighted by atomic mass is 10.2. The normalized spacial score (nSPS) is 14.4. The van der Waals surface area contributed by atoms with Crippen LogP contribution < -0.4 is 5.32 Å². The summed E-state index contributed by atoms with van der Waals surface area (Å²) >= 11 is 0. The van der Waals surface area contributed by atoms with E-state index in [1.54, 1.807) is 29.2 Å². The summed E-state index contributed by atoms with van der Waals surface area (Å²) in [6.07, 6.45) is 1.86. The third kappa shape index (κ3) is 5.56. The van der Waals surface area contributed by atoms with Crippen molar-refractivity contribution in [2.45, 2.75) is 19.8 Å². The number of anilines is 1. The van der Waals surface area contributed by atoms with Gasteiger partial charge in [-0.1, -0.05) is 13.3 Å². The number of carbonyl (C=O) groups is 2. The lowest BCUT2D eigenvalue weighted by molar-refractivity contribution is -0.133. The highest BCUT2D eigenvalue weighted by Crippen LogP contribution is 2.11. The van der Waals surface area contributed by atoms with Gasteiger partial charge in [-0.2, -0.15) is 0 Å². The summed E-state index contributed by atoms with van der Waals surface area (Å²) < 4.78 is 10.4. The molecule has 0 spiro atoms. The van der Waals surface area contributed by atoms with E-state index >= 15 is 0 Å². The summed E-state index contributed by atoms with van der Waals surface area (Å²) in [5.41, 5.74) is 1.32. The summed E-state index contributed by atoms with van der Waals surface area (Å²) in [6.45, 7) is 5.21. The molecule has 0 aliphatic carbocycles. The predicted molar refractivity (Wildman–Crippen MR) is 87.5 cm³/mol. The molecule has 0 bridgehead atoms. The molecule has 1 heterocycles. The monoisotopic (exact) mass is 320 g/mol.